The maximum absolute atomic E-state index is 11.8. The van der Waals surface area contributed by atoms with Gasteiger partial charge in [-0.2, -0.15) is 0 Å². The number of fused-ring (bicyclic) bond motifs is 1. The van der Waals surface area contributed by atoms with E-state index >= 15 is 0 Å². The van der Waals surface area contributed by atoms with Crippen molar-refractivity contribution < 1.29 is 14.3 Å². The number of rotatable bonds is 13. The summed E-state index contributed by atoms with van der Waals surface area (Å²) in [6.45, 7) is 10.4. The molecule has 0 fully saturated rings. The molecule has 206 valence electrons. The van der Waals surface area contributed by atoms with Crippen molar-refractivity contribution in [3.8, 4) is 28.3 Å². The first-order chi connectivity index (χ1) is 19.0. The molecule has 0 unspecified atom stereocenters. The van der Waals surface area contributed by atoms with Crippen molar-refractivity contribution in [3.05, 3.63) is 55.0 Å². The van der Waals surface area contributed by atoms with Gasteiger partial charge in [0.15, 0.2) is 0 Å². The number of hydrogen-bond acceptors (Lipinski definition) is 6. The Balaban J connectivity index is 1.80. The van der Waals surface area contributed by atoms with Gasteiger partial charge in [-0.1, -0.05) is 45.0 Å². The zero-order valence-corrected chi connectivity index (χ0v) is 24.7. The number of aromatic nitrogens is 4. The Labute approximate surface area is 231 Å². The van der Waals surface area contributed by atoms with Gasteiger partial charge in [-0.25, -0.2) is 4.98 Å². The number of ether oxygens (including phenoxy) is 2. The molecule has 0 aliphatic carbocycles. The number of amides is 1. The molecule has 1 amide bonds. The van der Waals surface area contributed by atoms with E-state index in [1.54, 1.807) is 25.7 Å². The number of anilines is 1. The summed E-state index contributed by atoms with van der Waals surface area (Å²) in [6.07, 6.45) is 5.25. The maximum atomic E-state index is 11.8. The number of hydrogen-bond donors (Lipinski definition) is 1. The molecule has 0 saturated carbocycles. The van der Waals surface area contributed by atoms with Crippen LogP contribution in [0.2, 0.25) is 24.2 Å². The summed E-state index contributed by atoms with van der Waals surface area (Å²) in [5, 5.41) is 2.80. The Morgan fingerprint density at radius 2 is 1.74 bits per heavy atom. The van der Waals surface area contributed by atoms with Crippen molar-refractivity contribution in [1.82, 2.24) is 19.5 Å². The van der Waals surface area contributed by atoms with Gasteiger partial charge in [0.1, 0.15) is 22.6 Å². The third-order valence-electron chi connectivity index (χ3n) is 7.87. The molecule has 0 atom stereocenters. The highest BCUT2D eigenvalue weighted by Gasteiger charge is 2.27. The van der Waals surface area contributed by atoms with E-state index in [0.717, 1.165) is 45.9 Å². The predicted octanol–water partition coefficient (Wildman–Crippen LogP) is 6.65. The minimum atomic E-state index is -1.24. The highest BCUT2D eigenvalue weighted by Crippen LogP contribution is 2.42. The van der Waals surface area contributed by atoms with Crippen molar-refractivity contribution >= 4 is 30.8 Å². The van der Waals surface area contributed by atoms with Gasteiger partial charge < -0.3 is 19.4 Å². The summed E-state index contributed by atoms with van der Waals surface area (Å²) >= 11 is 0. The first-order valence-corrected chi connectivity index (χ1v) is 16.6. The molecule has 0 aliphatic rings. The number of pyridine rings is 3. The number of carbonyl (C=O) groups excluding carboxylic acids is 1. The minimum Gasteiger partial charge on any atom is -0.494 e. The van der Waals surface area contributed by atoms with Crippen molar-refractivity contribution in [1.29, 1.82) is 0 Å². The van der Waals surface area contributed by atoms with Gasteiger partial charge in [-0.15, -0.1) is 0 Å². The van der Waals surface area contributed by atoms with Crippen molar-refractivity contribution in [2.24, 2.45) is 0 Å². The molecule has 0 aromatic carbocycles. The second-order valence-electron chi connectivity index (χ2n) is 9.83. The molecule has 4 aromatic heterocycles. The van der Waals surface area contributed by atoms with Gasteiger partial charge in [0.2, 0.25) is 5.91 Å². The molecule has 0 aliphatic heterocycles. The summed E-state index contributed by atoms with van der Waals surface area (Å²) in [4.78, 5) is 25.6. The minimum absolute atomic E-state index is 0.173. The normalized spacial score (nSPS) is 11.6. The van der Waals surface area contributed by atoms with Crippen LogP contribution in [-0.4, -0.2) is 53.8 Å². The van der Waals surface area contributed by atoms with Crippen LogP contribution >= 0.6 is 0 Å². The molecule has 9 heteroatoms. The van der Waals surface area contributed by atoms with Gasteiger partial charge in [-0.05, 0) is 30.3 Å². The van der Waals surface area contributed by atoms with E-state index in [4.69, 9.17) is 14.5 Å². The molecule has 1 N–H and O–H groups in total. The molecule has 8 nitrogen and oxygen atoms in total. The van der Waals surface area contributed by atoms with E-state index in [9.17, 15) is 4.79 Å². The molecule has 0 saturated heterocycles. The van der Waals surface area contributed by atoms with Crippen LogP contribution in [-0.2, 0) is 16.1 Å². The van der Waals surface area contributed by atoms with Gasteiger partial charge in [0.25, 0.3) is 0 Å². The van der Waals surface area contributed by atoms with E-state index < -0.39 is 8.07 Å². The van der Waals surface area contributed by atoms with Gasteiger partial charge in [0.05, 0.1) is 38.7 Å². The SMILES string of the molecule is CC[Si](CC)(CC)CCOCCn1c(-c2ccnc(NC(C)=O)c2)c(-c2ccccn2)c2nccc(OC)c21. The molecule has 0 spiro atoms. The molecule has 39 heavy (non-hydrogen) atoms. The molecule has 0 radical (unpaired) electrons. The average molecular weight is 546 g/mol. The van der Waals surface area contributed by atoms with Crippen LogP contribution < -0.4 is 10.1 Å². The van der Waals surface area contributed by atoms with Crippen LogP contribution in [0.5, 0.6) is 5.75 Å². The lowest BCUT2D eigenvalue weighted by Gasteiger charge is -2.27. The maximum Gasteiger partial charge on any atom is 0.222 e. The Kier molecular flexibility index (Phi) is 9.48. The smallest absolute Gasteiger partial charge is 0.222 e. The quantitative estimate of drug-likeness (QED) is 0.149. The van der Waals surface area contributed by atoms with Crippen molar-refractivity contribution in [3.63, 3.8) is 0 Å². The monoisotopic (exact) mass is 545 g/mol. The third kappa shape index (κ3) is 6.20. The number of carbonyl (C=O) groups is 1. The number of methoxy groups -OCH3 is 1. The zero-order chi connectivity index (χ0) is 27.8. The topological polar surface area (TPSA) is 91.2 Å². The molecule has 4 rings (SSSR count). The lowest BCUT2D eigenvalue weighted by atomic mass is 10.0. The lowest BCUT2D eigenvalue weighted by Crippen LogP contribution is -2.32. The molecular weight excluding hydrogens is 506 g/mol. The summed E-state index contributed by atoms with van der Waals surface area (Å²) in [6, 6.07) is 16.6. The van der Waals surface area contributed by atoms with E-state index in [2.05, 4.69) is 40.6 Å². The second kappa shape index (κ2) is 13.0. The molecular formula is C30H39N5O3Si. The Morgan fingerprint density at radius 1 is 0.974 bits per heavy atom. The van der Waals surface area contributed by atoms with Gasteiger partial charge in [0, 0.05) is 50.3 Å². The Morgan fingerprint density at radius 3 is 2.41 bits per heavy atom. The number of nitrogens with one attached hydrogen (secondary N) is 1. The average Bonchev–Trinajstić information content (AvgIpc) is 3.30. The van der Waals surface area contributed by atoms with E-state index in [0.29, 0.717) is 19.0 Å². The second-order valence-corrected chi connectivity index (χ2v) is 15.5. The van der Waals surface area contributed by atoms with Crippen LogP contribution in [0, 0.1) is 0 Å². The highest BCUT2D eigenvalue weighted by atomic mass is 28.3. The summed E-state index contributed by atoms with van der Waals surface area (Å²) in [5.41, 5.74) is 5.22. The lowest BCUT2D eigenvalue weighted by molar-refractivity contribution is -0.114. The first kappa shape index (κ1) is 28.4. The summed E-state index contributed by atoms with van der Waals surface area (Å²) in [7, 11) is 0.435. The van der Waals surface area contributed by atoms with Crippen molar-refractivity contribution in [2.45, 2.75) is 58.4 Å². The van der Waals surface area contributed by atoms with E-state index in [1.807, 2.05) is 36.4 Å². The fraction of sp³-hybridized carbons (Fsp3) is 0.400. The zero-order valence-electron chi connectivity index (χ0n) is 23.7. The van der Waals surface area contributed by atoms with Crippen LogP contribution in [0.25, 0.3) is 33.5 Å². The van der Waals surface area contributed by atoms with Gasteiger partial charge in [-0.3, -0.25) is 14.8 Å². The first-order valence-electron chi connectivity index (χ1n) is 13.7. The van der Waals surface area contributed by atoms with Gasteiger partial charge >= 0.3 is 0 Å². The predicted molar refractivity (Wildman–Crippen MR) is 160 cm³/mol. The standard InChI is InChI=1S/C30H39N5O3Si/c1-6-39(7-2,8-3)20-19-38-18-17-35-29(23-12-15-32-26(21-23)34-22(4)36)27(24-11-9-10-14-31-24)28-30(35)25(37-5)13-16-33-28/h9-16,21H,6-8,17-20H2,1-5H3,(H,32,34,36). The van der Waals surface area contributed by atoms with E-state index in [-0.39, 0.29) is 5.91 Å². The van der Waals surface area contributed by atoms with Crippen molar-refractivity contribution in [2.75, 3.05) is 25.6 Å². The molecule has 4 aromatic rings. The van der Waals surface area contributed by atoms with Crippen LogP contribution in [0.4, 0.5) is 5.82 Å². The Bertz CT molecular complexity index is 1390. The Hall–Kier alpha value is -3.56. The van der Waals surface area contributed by atoms with Crippen LogP contribution in [0.1, 0.15) is 27.7 Å². The number of nitrogens with zero attached hydrogens (tertiary/aromatic N) is 4. The molecule has 4 heterocycles. The largest absolute Gasteiger partial charge is 0.494 e. The highest BCUT2D eigenvalue weighted by molar-refractivity contribution is 6.79. The fourth-order valence-electron chi connectivity index (χ4n) is 5.33. The fourth-order valence-corrected chi connectivity index (χ4v) is 8.47. The third-order valence-corrected chi connectivity index (χ3v) is 13.6. The summed E-state index contributed by atoms with van der Waals surface area (Å²) < 4.78 is 14.3. The van der Waals surface area contributed by atoms with Crippen LogP contribution in [0.15, 0.2) is 55.0 Å². The van der Waals surface area contributed by atoms with E-state index in [1.165, 1.54) is 31.1 Å². The van der Waals surface area contributed by atoms with Crippen LogP contribution in [0.3, 0.4) is 0 Å². The molecule has 0 bridgehead atoms. The summed E-state index contributed by atoms with van der Waals surface area (Å²) in [5.74, 6) is 1.04.